The van der Waals surface area contributed by atoms with Crippen molar-refractivity contribution in [3.05, 3.63) is 20.8 Å². The first-order valence-electron chi connectivity index (χ1n) is 8.96. The van der Waals surface area contributed by atoms with Gasteiger partial charge in [-0.15, -0.1) is 11.3 Å². The van der Waals surface area contributed by atoms with Gasteiger partial charge in [0.2, 0.25) is 0 Å². The van der Waals surface area contributed by atoms with E-state index in [0.717, 1.165) is 47.9 Å². The Bertz CT molecular complexity index is 1030. The molecule has 1 aliphatic carbocycles. The Hall–Kier alpha value is -1.80. The smallest absolute Gasteiger partial charge is 0.273 e. The lowest BCUT2D eigenvalue weighted by molar-refractivity contribution is -0.0383. The lowest BCUT2D eigenvalue weighted by atomic mass is 9.95. The zero-order chi connectivity index (χ0) is 17.2. The minimum atomic E-state index is -0.198. The summed E-state index contributed by atoms with van der Waals surface area (Å²) in [5.74, 6) is 0.565. The van der Waals surface area contributed by atoms with Gasteiger partial charge >= 0.3 is 0 Å². The monoisotopic (exact) mass is 359 g/mol. The van der Waals surface area contributed by atoms with E-state index in [1.807, 2.05) is 4.57 Å². The van der Waals surface area contributed by atoms with Crippen molar-refractivity contribution in [2.75, 3.05) is 0 Å². The molecule has 2 aliphatic rings. The summed E-state index contributed by atoms with van der Waals surface area (Å²) in [4.78, 5) is 14.6. The van der Waals surface area contributed by atoms with Gasteiger partial charge in [-0.3, -0.25) is 9.36 Å². The molecule has 5 rings (SSSR count). The van der Waals surface area contributed by atoms with Gasteiger partial charge in [-0.1, -0.05) is 24.4 Å². The average Bonchev–Trinajstić information content (AvgIpc) is 3.19. The van der Waals surface area contributed by atoms with Gasteiger partial charge in [0.25, 0.3) is 11.3 Å². The average molecular weight is 359 g/mol. The number of ether oxygens (including phenoxy) is 1. The van der Waals surface area contributed by atoms with Crippen molar-refractivity contribution in [1.29, 1.82) is 0 Å². The van der Waals surface area contributed by atoms with E-state index in [2.05, 4.69) is 29.4 Å². The molecular formula is C17H21N5O2S. The summed E-state index contributed by atoms with van der Waals surface area (Å²) >= 11 is 1.60. The van der Waals surface area contributed by atoms with Gasteiger partial charge in [0.05, 0.1) is 17.7 Å². The number of tetrazole rings is 1. The Labute approximate surface area is 148 Å². The number of rotatable bonds is 1. The number of nitrogens with zero attached hydrogens (tertiary/aromatic N) is 5. The Morgan fingerprint density at radius 2 is 2.04 bits per heavy atom. The molecule has 25 heavy (non-hydrogen) atoms. The summed E-state index contributed by atoms with van der Waals surface area (Å²) in [6.07, 6.45) is 6.42. The maximum absolute atomic E-state index is 13.3. The van der Waals surface area contributed by atoms with Crippen molar-refractivity contribution < 1.29 is 4.74 Å². The molecule has 0 amide bonds. The highest BCUT2D eigenvalue weighted by Gasteiger charge is 2.32. The number of aromatic nitrogens is 5. The maximum atomic E-state index is 13.3. The van der Waals surface area contributed by atoms with Crippen LogP contribution < -0.4 is 5.56 Å². The van der Waals surface area contributed by atoms with E-state index in [-0.39, 0.29) is 17.2 Å². The van der Waals surface area contributed by atoms with E-state index in [1.54, 1.807) is 15.9 Å². The molecule has 0 radical (unpaired) electrons. The molecule has 1 saturated carbocycles. The molecule has 3 aromatic rings. The minimum absolute atomic E-state index is 0.0569. The lowest BCUT2D eigenvalue weighted by Crippen LogP contribution is -2.31. The summed E-state index contributed by atoms with van der Waals surface area (Å²) in [6.45, 7) is 4.69. The highest BCUT2D eigenvalue weighted by molar-refractivity contribution is 7.19. The fourth-order valence-corrected chi connectivity index (χ4v) is 5.65. The third-order valence-electron chi connectivity index (χ3n) is 5.49. The predicted octanol–water partition coefficient (Wildman–Crippen LogP) is 2.86. The molecule has 0 bridgehead atoms. The normalized spacial score (nSPS) is 21.0. The van der Waals surface area contributed by atoms with Gasteiger partial charge < -0.3 is 4.74 Å². The third kappa shape index (κ3) is 2.27. The molecular weight excluding hydrogens is 338 g/mol. The molecule has 7 nitrogen and oxygen atoms in total. The van der Waals surface area contributed by atoms with Gasteiger partial charge in [-0.25, -0.2) is 0 Å². The van der Waals surface area contributed by atoms with Crippen LogP contribution in [0.2, 0.25) is 0 Å². The van der Waals surface area contributed by atoms with Crippen LogP contribution in [0.25, 0.3) is 16.0 Å². The van der Waals surface area contributed by atoms with Crippen molar-refractivity contribution in [2.45, 2.75) is 70.6 Å². The molecule has 0 saturated heterocycles. The molecule has 3 aromatic heterocycles. The Morgan fingerprint density at radius 3 is 2.84 bits per heavy atom. The van der Waals surface area contributed by atoms with Crippen LogP contribution >= 0.6 is 11.3 Å². The van der Waals surface area contributed by atoms with Crippen LogP contribution in [-0.2, 0) is 17.8 Å². The van der Waals surface area contributed by atoms with Gasteiger partial charge in [0.15, 0.2) is 0 Å². The second kappa shape index (κ2) is 5.35. The minimum Gasteiger partial charge on any atom is -0.370 e. The highest BCUT2D eigenvalue weighted by atomic mass is 32.1. The van der Waals surface area contributed by atoms with Crippen LogP contribution in [0, 0.1) is 0 Å². The SMILES string of the molecule is CC1(C)Cc2sc3c(=O)n(C4CCCCC4)c4nnnn4c3c2CO1. The number of thiophene rings is 1. The number of fused-ring (bicyclic) bond motifs is 5. The van der Waals surface area contributed by atoms with E-state index in [4.69, 9.17) is 4.74 Å². The number of hydrogen-bond donors (Lipinski definition) is 0. The Morgan fingerprint density at radius 1 is 1.24 bits per heavy atom. The van der Waals surface area contributed by atoms with E-state index in [9.17, 15) is 4.79 Å². The lowest BCUT2D eigenvalue weighted by Gasteiger charge is -2.29. The first kappa shape index (κ1) is 15.5. The van der Waals surface area contributed by atoms with Crippen LogP contribution in [0.1, 0.15) is 62.4 Å². The number of hydrogen-bond acceptors (Lipinski definition) is 6. The van der Waals surface area contributed by atoms with Crippen molar-refractivity contribution in [2.24, 2.45) is 0 Å². The second-order valence-electron chi connectivity index (χ2n) is 7.76. The molecule has 132 valence electrons. The van der Waals surface area contributed by atoms with Crippen molar-refractivity contribution in [1.82, 2.24) is 24.6 Å². The molecule has 1 aliphatic heterocycles. The van der Waals surface area contributed by atoms with Crippen molar-refractivity contribution >= 4 is 27.3 Å². The molecule has 0 spiro atoms. The molecule has 1 fully saturated rings. The fraction of sp³-hybridized carbons (Fsp3) is 0.647. The second-order valence-corrected chi connectivity index (χ2v) is 8.87. The largest absolute Gasteiger partial charge is 0.370 e. The maximum Gasteiger partial charge on any atom is 0.273 e. The zero-order valence-corrected chi connectivity index (χ0v) is 15.3. The fourth-order valence-electron chi connectivity index (χ4n) is 4.21. The van der Waals surface area contributed by atoms with E-state index in [0.29, 0.717) is 12.4 Å². The first-order chi connectivity index (χ1) is 12.1. The zero-order valence-electron chi connectivity index (χ0n) is 14.5. The van der Waals surface area contributed by atoms with Gasteiger partial charge in [0.1, 0.15) is 4.70 Å². The van der Waals surface area contributed by atoms with Crippen molar-refractivity contribution in [3.8, 4) is 0 Å². The van der Waals surface area contributed by atoms with Crippen LogP contribution in [0.5, 0.6) is 0 Å². The standard InChI is InChI=1S/C17H21N5O2S/c1-17(2)8-12-11(9-24-17)13-14(25-12)15(23)21(10-6-4-3-5-7-10)16-18-19-20-22(13)16/h10H,3-9H2,1-2H3. The molecule has 0 N–H and O–H groups in total. The van der Waals surface area contributed by atoms with Crippen LogP contribution in [-0.4, -0.2) is 30.2 Å². The summed E-state index contributed by atoms with van der Waals surface area (Å²) in [5.41, 5.74) is 1.77. The summed E-state index contributed by atoms with van der Waals surface area (Å²) < 4.78 is 10.3. The topological polar surface area (TPSA) is 74.3 Å². The summed E-state index contributed by atoms with van der Waals surface area (Å²) in [6, 6.07) is 0.200. The van der Waals surface area contributed by atoms with Crippen LogP contribution in [0.3, 0.4) is 0 Å². The highest BCUT2D eigenvalue weighted by Crippen LogP contribution is 2.38. The quantitative estimate of drug-likeness (QED) is 0.668. The first-order valence-corrected chi connectivity index (χ1v) is 9.78. The summed E-state index contributed by atoms with van der Waals surface area (Å²) in [7, 11) is 0. The Kier molecular flexibility index (Phi) is 3.31. The van der Waals surface area contributed by atoms with Gasteiger partial charge in [-0.2, -0.15) is 4.52 Å². The van der Waals surface area contributed by atoms with Crippen molar-refractivity contribution in [3.63, 3.8) is 0 Å². The molecule has 0 unspecified atom stereocenters. The predicted molar refractivity (Wildman–Crippen MR) is 95.1 cm³/mol. The van der Waals surface area contributed by atoms with Gasteiger partial charge in [-0.05, 0) is 37.1 Å². The third-order valence-corrected chi connectivity index (χ3v) is 6.70. The van der Waals surface area contributed by atoms with E-state index < -0.39 is 0 Å². The summed E-state index contributed by atoms with van der Waals surface area (Å²) in [5, 5.41) is 12.3. The van der Waals surface area contributed by atoms with E-state index >= 15 is 0 Å². The van der Waals surface area contributed by atoms with Crippen LogP contribution in [0.15, 0.2) is 4.79 Å². The molecule has 4 heterocycles. The van der Waals surface area contributed by atoms with Gasteiger partial charge in [0, 0.05) is 22.9 Å². The van der Waals surface area contributed by atoms with Crippen LogP contribution in [0.4, 0.5) is 0 Å². The van der Waals surface area contributed by atoms with E-state index in [1.165, 1.54) is 11.3 Å². The Balaban J connectivity index is 1.81. The molecule has 0 aromatic carbocycles. The molecule has 8 heteroatoms. The molecule has 0 atom stereocenters.